The summed E-state index contributed by atoms with van der Waals surface area (Å²) < 4.78 is 11.5. The van der Waals surface area contributed by atoms with Crippen molar-refractivity contribution in [3.63, 3.8) is 0 Å². The van der Waals surface area contributed by atoms with Crippen LogP contribution in [-0.4, -0.2) is 48.8 Å². The SMILES string of the molecule is CCOC(=O)c1c(N2CCOCC2)cc(C)c2c(=O)n(O)c3ccccc3c12. The van der Waals surface area contributed by atoms with E-state index >= 15 is 0 Å². The zero-order chi connectivity index (χ0) is 19.8. The summed E-state index contributed by atoms with van der Waals surface area (Å²) in [6.45, 7) is 6.22. The molecule has 7 heteroatoms. The summed E-state index contributed by atoms with van der Waals surface area (Å²) in [5.41, 5.74) is 1.59. The van der Waals surface area contributed by atoms with Gasteiger partial charge in [-0.3, -0.25) is 4.79 Å². The van der Waals surface area contributed by atoms with Gasteiger partial charge in [0.05, 0.1) is 42.0 Å². The van der Waals surface area contributed by atoms with Crippen molar-refractivity contribution in [2.24, 2.45) is 0 Å². The predicted molar refractivity (Wildman–Crippen MR) is 107 cm³/mol. The average Bonchev–Trinajstić information content (AvgIpc) is 2.72. The van der Waals surface area contributed by atoms with Crippen LogP contribution in [0.15, 0.2) is 35.1 Å². The van der Waals surface area contributed by atoms with Gasteiger partial charge < -0.3 is 19.6 Å². The smallest absolute Gasteiger partial charge is 0.340 e. The summed E-state index contributed by atoms with van der Waals surface area (Å²) >= 11 is 0. The molecule has 0 amide bonds. The first kappa shape index (κ1) is 18.3. The molecule has 0 atom stereocenters. The Balaban J connectivity index is 2.18. The van der Waals surface area contributed by atoms with E-state index in [1.807, 2.05) is 19.1 Å². The summed E-state index contributed by atoms with van der Waals surface area (Å²) in [5.74, 6) is -0.478. The number of aromatic nitrogens is 1. The van der Waals surface area contributed by atoms with Gasteiger partial charge in [-0.15, -0.1) is 4.73 Å². The number of benzene rings is 2. The molecule has 1 saturated heterocycles. The van der Waals surface area contributed by atoms with Crippen LogP contribution in [0.1, 0.15) is 22.8 Å². The normalized spacial score (nSPS) is 14.6. The Bertz CT molecular complexity index is 1130. The van der Waals surface area contributed by atoms with Gasteiger partial charge in [-0.1, -0.05) is 18.2 Å². The Morgan fingerprint density at radius 1 is 1.21 bits per heavy atom. The van der Waals surface area contributed by atoms with Crippen molar-refractivity contribution in [2.45, 2.75) is 13.8 Å². The highest BCUT2D eigenvalue weighted by Gasteiger charge is 2.27. The third-order valence-electron chi connectivity index (χ3n) is 5.14. The first-order valence-corrected chi connectivity index (χ1v) is 9.34. The molecule has 1 aromatic heterocycles. The zero-order valence-electron chi connectivity index (χ0n) is 15.9. The Morgan fingerprint density at radius 2 is 1.93 bits per heavy atom. The highest BCUT2D eigenvalue weighted by molar-refractivity contribution is 6.19. The molecule has 146 valence electrons. The van der Waals surface area contributed by atoms with Gasteiger partial charge in [-0.05, 0) is 31.5 Å². The minimum atomic E-state index is -0.551. The zero-order valence-corrected chi connectivity index (χ0v) is 15.9. The number of pyridine rings is 1. The molecule has 3 aromatic rings. The molecule has 28 heavy (non-hydrogen) atoms. The van der Waals surface area contributed by atoms with Gasteiger partial charge in [0.25, 0.3) is 5.56 Å². The van der Waals surface area contributed by atoms with Crippen molar-refractivity contribution in [1.82, 2.24) is 4.73 Å². The Hall–Kier alpha value is -3.06. The van der Waals surface area contributed by atoms with Crippen LogP contribution in [0.5, 0.6) is 0 Å². The number of morpholine rings is 1. The van der Waals surface area contributed by atoms with Gasteiger partial charge in [0.2, 0.25) is 0 Å². The lowest BCUT2D eigenvalue weighted by atomic mass is 9.95. The monoisotopic (exact) mass is 382 g/mol. The highest BCUT2D eigenvalue weighted by atomic mass is 16.5. The lowest BCUT2D eigenvalue weighted by molar-refractivity contribution is 0.0528. The number of hydrogen-bond acceptors (Lipinski definition) is 6. The number of para-hydroxylation sites is 1. The molecule has 1 fully saturated rings. The van der Waals surface area contributed by atoms with E-state index in [1.54, 1.807) is 25.1 Å². The molecular formula is C21H22N2O5. The van der Waals surface area contributed by atoms with Gasteiger partial charge in [0, 0.05) is 23.9 Å². The number of carbonyl (C=O) groups is 1. The first-order valence-electron chi connectivity index (χ1n) is 9.34. The largest absolute Gasteiger partial charge is 0.462 e. The third kappa shape index (κ3) is 2.79. The molecule has 7 nitrogen and oxygen atoms in total. The molecule has 2 heterocycles. The van der Waals surface area contributed by atoms with E-state index in [0.717, 1.165) is 5.69 Å². The van der Waals surface area contributed by atoms with Crippen molar-refractivity contribution >= 4 is 33.3 Å². The summed E-state index contributed by atoms with van der Waals surface area (Å²) in [4.78, 5) is 28.0. The van der Waals surface area contributed by atoms with Gasteiger partial charge >= 0.3 is 5.97 Å². The van der Waals surface area contributed by atoms with E-state index in [2.05, 4.69) is 4.90 Å². The molecule has 0 aliphatic carbocycles. The number of nitrogens with zero attached hydrogens (tertiary/aromatic N) is 2. The molecule has 4 rings (SSSR count). The standard InChI is InChI=1S/C21H22N2O5/c1-3-28-21(25)19-16(22-8-10-27-11-9-22)12-13(2)17-18(19)14-6-4-5-7-15(14)23(26)20(17)24/h4-7,12,26H,3,8-11H2,1-2H3. The van der Waals surface area contributed by atoms with Crippen LogP contribution in [0.2, 0.25) is 0 Å². The van der Waals surface area contributed by atoms with E-state index in [4.69, 9.17) is 9.47 Å². The van der Waals surface area contributed by atoms with Gasteiger partial charge in [0.1, 0.15) is 0 Å². The second-order valence-electron chi connectivity index (χ2n) is 6.79. The number of fused-ring (bicyclic) bond motifs is 3. The Morgan fingerprint density at radius 3 is 2.64 bits per heavy atom. The Labute approximate surface area is 161 Å². The second kappa shape index (κ2) is 7.16. The van der Waals surface area contributed by atoms with E-state index in [-0.39, 0.29) is 6.61 Å². The molecule has 1 aliphatic heterocycles. The fraction of sp³-hybridized carbons (Fsp3) is 0.333. The van der Waals surface area contributed by atoms with E-state index in [9.17, 15) is 14.8 Å². The quantitative estimate of drug-likeness (QED) is 0.426. The van der Waals surface area contributed by atoms with Crippen molar-refractivity contribution in [2.75, 3.05) is 37.8 Å². The topological polar surface area (TPSA) is 81.0 Å². The molecule has 0 saturated carbocycles. The minimum absolute atomic E-state index is 0.228. The molecule has 2 aromatic carbocycles. The van der Waals surface area contributed by atoms with Gasteiger partial charge in [-0.2, -0.15) is 0 Å². The minimum Gasteiger partial charge on any atom is -0.462 e. The Kier molecular flexibility index (Phi) is 4.68. The van der Waals surface area contributed by atoms with E-state index < -0.39 is 11.5 Å². The van der Waals surface area contributed by atoms with Crippen LogP contribution in [0.4, 0.5) is 5.69 Å². The van der Waals surface area contributed by atoms with Gasteiger partial charge in [-0.25, -0.2) is 4.79 Å². The predicted octanol–water partition coefficient (Wildman–Crippen LogP) is 2.71. The number of anilines is 1. The van der Waals surface area contributed by atoms with Crippen LogP contribution < -0.4 is 10.5 Å². The number of hydrogen-bond donors (Lipinski definition) is 1. The summed E-state index contributed by atoms with van der Waals surface area (Å²) in [6, 6.07) is 8.84. The van der Waals surface area contributed by atoms with Crippen LogP contribution in [0.25, 0.3) is 21.7 Å². The number of esters is 1. The summed E-state index contributed by atoms with van der Waals surface area (Å²) in [5, 5.41) is 11.9. The maximum atomic E-state index is 13.0. The summed E-state index contributed by atoms with van der Waals surface area (Å²) in [7, 11) is 0. The van der Waals surface area contributed by atoms with Crippen LogP contribution in [0.3, 0.4) is 0 Å². The highest BCUT2D eigenvalue weighted by Crippen LogP contribution is 2.35. The van der Waals surface area contributed by atoms with Crippen LogP contribution >= 0.6 is 0 Å². The molecular weight excluding hydrogens is 360 g/mol. The molecule has 0 spiro atoms. The molecule has 0 unspecified atom stereocenters. The fourth-order valence-electron chi connectivity index (χ4n) is 3.89. The number of aryl methyl sites for hydroxylation is 1. The van der Waals surface area contributed by atoms with Crippen LogP contribution in [-0.2, 0) is 9.47 Å². The number of rotatable bonds is 3. The van der Waals surface area contributed by atoms with Crippen molar-refractivity contribution < 1.29 is 19.5 Å². The molecule has 1 N–H and O–H groups in total. The molecule has 1 aliphatic rings. The van der Waals surface area contributed by atoms with Gasteiger partial charge in [0.15, 0.2) is 0 Å². The average molecular weight is 382 g/mol. The lowest BCUT2D eigenvalue weighted by Crippen LogP contribution is -2.37. The van der Waals surface area contributed by atoms with Crippen molar-refractivity contribution in [1.29, 1.82) is 0 Å². The van der Waals surface area contributed by atoms with Crippen molar-refractivity contribution in [3.8, 4) is 0 Å². The van der Waals surface area contributed by atoms with E-state index in [0.29, 0.717) is 63.8 Å². The fourth-order valence-corrected chi connectivity index (χ4v) is 3.89. The number of carbonyl (C=O) groups excluding carboxylic acids is 1. The molecule has 0 radical (unpaired) electrons. The van der Waals surface area contributed by atoms with Crippen LogP contribution in [0, 0.1) is 6.92 Å². The maximum Gasteiger partial charge on any atom is 0.340 e. The maximum absolute atomic E-state index is 13.0. The molecule has 0 bridgehead atoms. The lowest BCUT2D eigenvalue weighted by Gasteiger charge is -2.31. The van der Waals surface area contributed by atoms with E-state index in [1.165, 1.54) is 0 Å². The third-order valence-corrected chi connectivity index (χ3v) is 5.14. The second-order valence-corrected chi connectivity index (χ2v) is 6.79. The summed E-state index contributed by atoms with van der Waals surface area (Å²) in [6.07, 6.45) is 0. The van der Waals surface area contributed by atoms with Crippen molar-refractivity contribution in [3.05, 3.63) is 51.8 Å². The first-order chi connectivity index (χ1) is 13.5. The number of ether oxygens (including phenoxy) is 2.